The van der Waals surface area contributed by atoms with Crippen molar-refractivity contribution < 1.29 is 19.1 Å². The smallest absolute Gasteiger partial charge is 0.312 e. The van der Waals surface area contributed by atoms with Crippen molar-refractivity contribution in [2.24, 2.45) is 0 Å². The summed E-state index contributed by atoms with van der Waals surface area (Å²) in [5.41, 5.74) is 3.63. The number of aromatic nitrogens is 1. The highest BCUT2D eigenvalue weighted by Crippen LogP contribution is 2.28. The Morgan fingerprint density at radius 1 is 1.14 bits per heavy atom. The average molecular weight is 408 g/mol. The minimum Gasteiger partial charge on any atom is -0.497 e. The van der Waals surface area contributed by atoms with Crippen LogP contribution in [0.4, 0.5) is 5.69 Å². The second-order valence-corrected chi connectivity index (χ2v) is 7.49. The molecule has 6 nitrogen and oxygen atoms in total. The number of methoxy groups -OCH3 is 1. The molecular formula is C22H20N2O4S. The molecule has 0 radical (unpaired) electrons. The number of rotatable bonds is 6. The van der Waals surface area contributed by atoms with E-state index in [1.807, 2.05) is 53.9 Å². The van der Waals surface area contributed by atoms with Crippen LogP contribution < -0.4 is 9.64 Å². The summed E-state index contributed by atoms with van der Waals surface area (Å²) < 4.78 is 10.4. The fraction of sp³-hybridized carbons (Fsp3) is 0.227. The number of benzene rings is 2. The first-order chi connectivity index (χ1) is 14.1. The quantitative estimate of drug-likeness (QED) is 0.584. The van der Waals surface area contributed by atoms with Gasteiger partial charge in [0.25, 0.3) is 5.91 Å². The Hall–Kier alpha value is -3.19. The molecule has 0 saturated heterocycles. The molecule has 148 valence electrons. The lowest BCUT2D eigenvalue weighted by atomic mass is 10.2. The Morgan fingerprint density at radius 3 is 2.72 bits per heavy atom. The zero-order valence-electron chi connectivity index (χ0n) is 16.0. The molecule has 7 heteroatoms. The maximum Gasteiger partial charge on any atom is 0.312 e. The topological polar surface area (TPSA) is 68.7 Å². The average Bonchev–Trinajstić information content (AvgIpc) is 3.39. The number of para-hydroxylation sites is 1. The SMILES string of the molecule is COc1ccc(-c2nc(CC(=O)OCC(=O)N3CCc4ccccc43)cs2)cc1. The number of anilines is 1. The highest BCUT2D eigenvalue weighted by atomic mass is 32.1. The first-order valence-corrected chi connectivity index (χ1v) is 10.1. The van der Waals surface area contributed by atoms with Crippen LogP contribution in [0.1, 0.15) is 11.3 Å². The summed E-state index contributed by atoms with van der Waals surface area (Å²) in [6, 6.07) is 15.4. The zero-order valence-corrected chi connectivity index (χ0v) is 16.8. The fourth-order valence-electron chi connectivity index (χ4n) is 3.27. The number of amides is 1. The normalized spacial score (nSPS) is 12.5. The van der Waals surface area contributed by atoms with Crippen LogP contribution in [-0.4, -0.2) is 37.1 Å². The number of nitrogens with zero attached hydrogens (tertiary/aromatic N) is 2. The summed E-state index contributed by atoms with van der Waals surface area (Å²) >= 11 is 1.46. The Balaban J connectivity index is 1.31. The number of esters is 1. The molecule has 1 aromatic heterocycles. The Bertz CT molecular complexity index is 1030. The lowest BCUT2D eigenvalue weighted by molar-refractivity contribution is -0.147. The maximum absolute atomic E-state index is 12.4. The first kappa shape index (κ1) is 19.1. The van der Waals surface area contributed by atoms with Gasteiger partial charge in [-0.3, -0.25) is 9.59 Å². The van der Waals surface area contributed by atoms with Gasteiger partial charge in [-0.1, -0.05) is 18.2 Å². The van der Waals surface area contributed by atoms with Gasteiger partial charge in [0.15, 0.2) is 6.61 Å². The summed E-state index contributed by atoms with van der Waals surface area (Å²) in [6.45, 7) is 0.357. The molecule has 0 saturated carbocycles. The van der Waals surface area contributed by atoms with Gasteiger partial charge in [-0.15, -0.1) is 11.3 Å². The van der Waals surface area contributed by atoms with Gasteiger partial charge >= 0.3 is 5.97 Å². The van der Waals surface area contributed by atoms with Gasteiger partial charge in [0.1, 0.15) is 10.8 Å². The largest absolute Gasteiger partial charge is 0.497 e. The Labute approximate surface area is 172 Å². The van der Waals surface area contributed by atoms with Gasteiger partial charge in [-0.25, -0.2) is 4.98 Å². The van der Waals surface area contributed by atoms with E-state index in [-0.39, 0.29) is 18.9 Å². The minimum absolute atomic E-state index is 0.0382. The van der Waals surface area contributed by atoms with E-state index < -0.39 is 5.97 Å². The monoisotopic (exact) mass is 408 g/mol. The second kappa shape index (κ2) is 8.45. The van der Waals surface area contributed by atoms with Gasteiger partial charge in [0.05, 0.1) is 19.2 Å². The lowest BCUT2D eigenvalue weighted by Crippen LogP contribution is -2.33. The molecule has 0 bridgehead atoms. The molecule has 29 heavy (non-hydrogen) atoms. The minimum atomic E-state index is -0.461. The summed E-state index contributed by atoms with van der Waals surface area (Å²) in [7, 11) is 1.62. The van der Waals surface area contributed by atoms with E-state index in [4.69, 9.17) is 9.47 Å². The van der Waals surface area contributed by atoms with E-state index in [1.54, 1.807) is 12.0 Å². The van der Waals surface area contributed by atoms with Crippen LogP contribution in [0.2, 0.25) is 0 Å². The van der Waals surface area contributed by atoms with Gasteiger partial charge < -0.3 is 14.4 Å². The molecule has 4 rings (SSSR count). The van der Waals surface area contributed by atoms with E-state index in [0.29, 0.717) is 12.2 Å². The van der Waals surface area contributed by atoms with Gasteiger partial charge in [0.2, 0.25) is 0 Å². The molecule has 1 aliphatic heterocycles. The molecule has 0 fully saturated rings. The summed E-state index contributed by atoms with van der Waals surface area (Å²) in [4.78, 5) is 30.8. The third-order valence-corrected chi connectivity index (χ3v) is 5.70. The second-order valence-electron chi connectivity index (χ2n) is 6.63. The standard InChI is InChI=1S/C22H20N2O4S/c1-27-18-8-6-16(7-9-18)22-23-17(14-29-22)12-21(26)28-13-20(25)24-11-10-15-4-2-3-5-19(15)24/h2-9,14H,10-13H2,1H3. The van der Waals surface area contributed by atoms with Crippen LogP contribution in [0.25, 0.3) is 10.6 Å². The predicted molar refractivity (Wildman–Crippen MR) is 111 cm³/mol. The molecule has 2 heterocycles. The van der Waals surface area contributed by atoms with E-state index in [2.05, 4.69) is 4.98 Å². The number of fused-ring (bicyclic) bond motifs is 1. The van der Waals surface area contributed by atoms with E-state index in [0.717, 1.165) is 34.0 Å². The molecule has 1 aliphatic rings. The molecule has 0 aliphatic carbocycles. The lowest BCUT2D eigenvalue weighted by Gasteiger charge is -2.17. The molecule has 0 N–H and O–H groups in total. The van der Waals surface area contributed by atoms with Crippen molar-refractivity contribution in [2.45, 2.75) is 12.8 Å². The highest BCUT2D eigenvalue weighted by molar-refractivity contribution is 7.13. The fourth-order valence-corrected chi connectivity index (χ4v) is 4.10. The van der Waals surface area contributed by atoms with Crippen molar-refractivity contribution in [3.63, 3.8) is 0 Å². The van der Waals surface area contributed by atoms with Crippen LogP contribution in [0.15, 0.2) is 53.9 Å². The molecule has 0 unspecified atom stereocenters. The molecular weight excluding hydrogens is 388 g/mol. The van der Waals surface area contributed by atoms with Crippen molar-refractivity contribution in [2.75, 3.05) is 25.2 Å². The number of carbonyl (C=O) groups excluding carboxylic acids is 2. The molecule has 3 aromatic rings. The van der Waals surface area contributed by atoms with Crippen LogP contribution in [0.5, 0.6) is 5.75 Å². The van der Waals surface area contributed by atoms with E-state index in [1.165, 1.54) is 11.3 Å². The Morgan fingerprint density at radius 2 is 1.93 bits per heavy atom. The van der Waals surface area contributed by atoms with Crippen molar-refractivity contribution in [1.82, 2.24) is 4.98 Å². The summed E-state index contributed by atoms with van der Waals surface area (Å²) in [6.07, 6.45) is 0.860. The van der Waals surface area contributed by atoms with Crippen LogP contribution in [0.3, 0.4) is 0 Å². The maximum atomic E-state index is 12.4. The van der Waals surface area contributed by atoms with Gasteiger partial charge in [-0.2, -0.15) is 0 Å². The predicted octanol–water partition coefficient (Wildman–Crippen LogP) is 3.49. The number of carbonyl (C=O) groups is 2. The third-order valence-electron chi connectivity index (χ3n) is 4.76. The molecule has 0 atom stereocenters. The summed E-state index contributed by atoms with van der Waals surface area (Å²) in [5, 5.41) is 2.65. The van der Waals surface area contributed by atoms with Crippen molar-refractivity contribution in [3.8, 4) is 16.3 Å². The zero-order chi connectivity index (χ0) is 20.2. The van der Waals surface area contributed by atoms with Crippen LogP contribution >= 0.6 is 11.3 Å². The van der Waals surface area contributed by atoms with Crippen LogP contribution in [0, 0.1) is 0 Å². The van der Waals surface area contributed by atoms with Gasteiger partial charge in [-0.05, 0) is 42.3 Å². The van der Waals surface area contributed by atoms with E-state index in [9.17, 15) is 9.59 Å². The molecule has 1 amide bonds. The number of ether oxygens (including phenoxy) is 2. The van der Waals surface area contributed by atoms with Crippen molar-refractivity contribution >= 4 is 28.9 Å². The van der Waals surface area contributed by atoms with Gasteiger partial charge in [0, 0.05) is 23.2 Å². The molecule has 2 aromatic carbocycles. The summed E-state index contributed by atoms with van der Waals surface area (Å²) in [5.74, 6) is 0.109. The van der Waals surface area contributed by atoms with Crippen molar-refractivity contribution in [1.29, 1.82) is 0 Å². The third kappa shape index (κ3) is 4.30. The number of thiazole rings is 1. The van der Waals surface area contributed by atoms with E-state index >= 15 is 0 Å². The first-order valence-electron chi connectivity index (χ1n) is 9.27. The number of hydrogen-bond donors (Lipinski definition) is 0. The molecule has 0 spiro atoms. The highest BCUT2D eigenvalue weighted by Gasteiger charge is 2.25. The number of hydrogen-bond acceptors (Lipinski definition) is 6. The van der Waals surface area contributed by atoms with Crippen molar-refractivity contribution in [3.05, 3.63) is 65.2 Å². The van der Waals surface area contributed by atoms with Crippen LogP contribution in [-0.2, 0) is 27.2 Å². The Kier molecular flexibility index (Phi) is 5.57.